The largest absolute Gasteiger partial charge is 0.345 e. The van der Waals surface area contributed by atoms with Crippen LogP contribution < -0.4 is 16.0 Å². The van der Waals surface area contributed by atoms with Crippen LogP contribution in [0.4, 0.5) is 53.4 Å². The van der Waals surface area contributed by atoms with E-state index in [1.54, 1.807) is 6.20 Å². The zero-order valence-corrected chi connectivity index (χ0v) is 60.2. The Bertz CT molecular complexity index is 4310. The Morgan fingerprint density at radius 3 is 1.51 bits per heavy atom. The number of carbonyl (C=O) groups excluding carboxylic acids is 3. The highest BCUT2D eigenvalue weighted by molar-refractivity contribution is 6.31. The molecule has 3 aliphatic heterocycles. The Morgan fingerprint density at radius 2 is 1.04 bits per heavy atom. The molecule has 4 heterocycles. The molecule has 5 aliphatic carbocycles. The van der Waals surface area contributed by atoms with Gasteiger partial charge in [-0.3, -0.25) is 0 Å². The molecule has 15 rings (SSSR count). The molecule has 22 heteroatoms. The molecule has 7 fully saturated rings. The van der Waals surface area contributed by atoms with Gasteiger partial charge < -0.3 is 50.3 Å². The van der Waals surface area contributed by atoms with Crippen LogP contribution in [0.25, 0.3) is 17.0 Å². The number of aromatic nitrogens is 2. The Hall–Kier alpha value is -9.12. The standard InChI is InChI=1S/C30H35F2N5O.C27H30F2N4O.C26H28ClFN4O/c31-26-8-7-24(19-27(26)32)35-29(38)37(16-4-15-36-13-1-2-14-36)25-9-10-30(20-23(30)18-25)22-6-3-5-21(17-22)28-33-11-12-34-28;28-24-7-6-22(16-25(24)29)31-26(34)33(13-3-12-32-10-2-11-32)23-8-9-27(17-21(27)15-23)20-5-1-4-19(14-20)18-30;27-24-17-22(9-12-25(24)28)30-26(33)32(16-15-31-13-1-2-14-31)23-10-7-21(8-11-23)20-5-3-19(18-29)4-6-20/h3,5-8,11-12,17,19,23,25H,1-2,4,9-10,13-16,18,20H2,(H,33,34)(H,35,38);1,4-7,14,16,21,23H,2-3,8-13,15,17H2,(H,31,34);3-7,9,12,17,23H,1-2,8,10-11,13-16H2,(H,30,33)/t23?,25-,30+;21?,23-,27+;/m11./s1. The van der Waals surface area contributed by atoms with E-state index >= 15 is 0 Å². The number of carbonyl (C=O) groups is 3. The highest BCUT2D eigenvalue weighted by atomic mass is 35.5. The van der Waals surface area contributed by atoms with Gasteiger partial charge in [-0.15, -0.1) is 0 Å². The number of allylic oxidation sites excluding steroid dienone is 1. The van der Waals surface area contributed by atoms with Crippen molar-refractivity contribution in [1.82, 2.24) is 39.4 Å². The summed E-state index contributed by atoms with van der Waals surface area (Å²) in [6, 6.07) is 39.6. The lowest BCUT2D eigenvalue weighted by Crippen LogP contribution is -2.47. The minimum absolute atomic E-state index is 0.0101. The first kappa shape index (κ1) is 74.2. The number of halogens is 6. The average Bonchev–Trinajstić information content (AvgIpc) is 1.57. The second-order valence-electron chi connectivity index (χ2n) is 29.8. The van der Waals surface area contributed by atoms with E-state index < -0.39 is 29.1 Å². The molecular formula is C83H93ClF5N13O3. The maximum absolute atomic E-state index is 13.8. The predicted molar refractivity (Wildman–Crippen MR) is 400 cm³/mol. The first-order valence-corrected chi connectivity index (χ1v) is 38.0. The van der Waals surface area contributed by atoms with Gasteiger partial charge in [-0.25, -0.2) is 41.3 Å². The summed E-state index contributed by atoms with van der Waals surface area (Å²) in [4.78, 5) is 60.6. The van der Waals surface area contributed by atoms with E-state index in [2.05, 4.69) is 89.2 Å². The Morgan fingerprint density at radius 1 is 0.533 bits per heavy atom. The number of nitrogens with one attached hydrogen (secondary N) is 4. The molecule has 4 N–H and O–H groups in total. The molecule has 4 saturated carbocycles. The molecule has 6 aromatic carbocycles. The predicted octanol–water partition coefficient (Wildman–Crippen LogP) is 17.4. The zero-order valence-electron chi connectivity index (χ0n) is 59.5. The van der Waals surface area contributed by atoms with E-state index in [1.807, 2.05) is 63.4 Å². The number of urea groups is 3. The summed E-state index contributed by atoms with van der Waals surface area (Å²) in [7, 11) is 0. The van der Waals surface area contributed by atoms with Gasteiger partial charge in [-0.2, -0.15) is 10.5 Å². The lowest BCUT2D eigenvalue weighted by Gasteiger charge is -2.38. The molecule has 105 heavy (non-hydrogen) atoms. The van der Waals surface area contributed by atoms with Crippen LogP contribution in [0, 0.1) is 63.6 Å². The van der Waals surface area contributed by atoms with Crippen LogP contribution in [0.15, 0.2) is 146 Å². The number of nitrogens with zero attached hydrogens (tertiary/aromatic N) is 9. The van der Waals surface area contributed by atoms with Gasteiger partial charge in [0.1, 0.15) is 11.6 Å². The number of amides is 6. The maximum atomic E-state index is 13.8. The van der Waals surface area contributed by atoms with Gasteiger partial charge in [-0.05, 0) is 286 Å². The van der Waals surface area contributed by atoms with Crippen molar-refractivity contribution in [1.29, 1.82) is 10.5 Å². The summed E-state index contributed by atoms with van der Waals surface area (Å²) >= 11 is 5.89. The van der Waals surface area contributed by atoms with Gasteiger partial charge >= 0.3 is 18.1 Å². The second kappa shape index (κ2) is 34.0. The van der Waals surface area contributed by atoms with Gasteiger partial charge in [0, 0.05) is 91.5 Å². The summed E-state index contributed by atoms with van der Waals surface area (Å²) in [6.07, 6.45) is 24.2. The molecule has 6 amide bonds. The normalized spacial score (nSPS) is 23.0. The van der Waals surface area contributed by atoms with Gasteiger partial charge in [0.15, 0.2) is 23.3 Å². The summed E-state index contributed by atoms with van der Waals surface area (Å²) < 4.78 is 67.7. The van der Waals surface area contributed by atoms with E-state index in [0.29, 0.717) is 48.3 Å². The van der Waals surface area contributed by atoms with Crippen LogP contribution in [0.1, 0.15) is 143 Å². The molecule has 7 atom stereocenters. The van der Waals surface area contributed by atoms with Crippen molar-refractivity contribution >= 4 is 52.3 Å². The topological polar surface area (TPSA) is 183 Å². The molecule has 0 spiro atoms. The SMILES string of the molecule is N#Cc1ccc(C2=CCC(N(CCN3CCCC3)C(=O)Nc3ccc(F)c(Cl)c3)CC2)cc1.N#Cc1cccc([C@@]23CC[C@@H](N(CCCN4CCC4)C(=O)Nc4ccc(F)c(F)c4)CC2C3)c1.O=C(Nc1ccc(F)c(F)c1)N(CCCN1CCCC1)[C@@H]1CC[C@@]2(c3cccc(-c4ncc[nH]4)c3)CC2C1. The lowest BCUT2D eigenvalue weighted by atomic mass is 9.80. The number of fused-ring (bicyclic) bond motifs is 2. The van der Waals surface area contributed by atoms with Crippen LogP contribution in [0.3, 0.4) is 0 Å². The summed E-state index contributed by atoms with van der Waals surface area (Å²) in [5.74, 6) is -2.37. The van der Waals surface area contributed by atoms with E-state index in [9.17, 15) is 41.6 Å². The number of likely N-dealkylation sites (tertiary alicyclic amines) is 3. The quantitative estimate of drug-likeness (QED) is 0.0509. The molecule has 1 aromatic heterocycles. The van der Waals surface area contributed by atoms with Crippen molar-refractivity contribution in [3.63, 3.8) is 0 Å². The van der Waals surface area contributed by atoms with Crippen LogP contribution in [0.2, 0.25) is 5.02 Å². The van der Waals surface area contributed by atoms with Gasteiger partial charge in [-0.1, -0.05) is 60.1 Å². The molecule has 550 valence electrons. The van der Waals surface area contributed by atoms with Crippen molar-refractivity contribution < 1.29 is 36.3 Å². The number of hydrogen-bond acceptors (Lipinski definition) is 9. The fourth-order valence-corrected chi connectivity index (χ4v) is 17.4. The molecule has 7 aromatic rings. The molecule has 8 aliphatic rings. The Kier molecular flexibility index (Phi) is 24.0. The Balaban J connectivity index is 0.000000140. The zero-order chi connectivity index (χ0) is 73.0. The van der Waals surface area contributed by atoms with E-state index in [-0.39, 0.29) is 63.4 Å². The number of imidazole rings is 1. The number of hydrogen-bond donors (Lipinski definition) is 4. The van der Waals surface area contributed by atoms with Crippen molar-refractivity contribution in [3.8, 4) is 23.5 Å². The minimum atomic E-state index is -0.970. The van der Waals surface area contributed by atoms with Crippen molar-refractivity contribution in [3.05, 3.63) is 208 Å². The lowest BCUT2D eigenvalue weighted by molar-refractivity contribution is 0.141. The molecular weight excluding hydrogens is 1360 g/mol. The van der Waals surface area contributed by atoms with Crippen LogP contribution in [-0.2, 0) is 10.8 Å². The van der Waals surface area contributed by atoms with E-state index in [1.165, 1.54) is 79.1 Å². The average molecular weight is 1450 g/mol. The first-order valence-electron chi connectivity index (χ1n) is 37.6. The fourth-order valence-electron chi connectivity index (χ4n) is 17.2. The second-order valence-corrected chi connectivity index (χ2v) is 30.2. The van der Waals surface area contributed by atoms with Crippen molar-refractivity contribution in [2.45, 2.75) is 145 Å². The minimum Gasteiger partial charge on any atom is -0.345 e. The highest BCUT2D eigenvalue weighted by Gasteiger charge is 2.59. The van der Waals surface area contributed by atoms with Crippen LogP contribution in [0.5, 0.6) is 0 Å². The van der Waals surface area contributed by atoms with E-state index in [0.717, 1.165) is 184 Å². The number of aromatic amines is 1. The van der Waals surface area contributed by atoms with Crippen molar-refractivity contribution in [2.75, 3.05) is 94.5 Å². The number of H-pyrrole nitrogens is 1. The van der Waals surface area contributed by atoms with Gasteiger partial charge in [0.05, 0.1) is 28.3 Å². The first-order chi connectivity index (χ1) is 51.0. The smallest absolute Gasteiger partial charge is 0.322 e. The van der Waals surface area contributed by atoms with Crippen LogP contribution >= 0.6 is 11.6 Å². The van der Waals surface area contributed by atoms with E-state index in [4.69, 9.17) is 16.9 Å². The van der Waals surface area contributed by atoms with Gasteiger partial charge in [0.2, 0.25) is 0 Å². The third-order valence-corrected chi connectivity index (χ3v) is 23.6. The fraction of sp³-hybridized carbons (Fsp3) is 0.446. The molecule has 0 bridgehead atoms. The third kappa shape index (κ3) is 18.2. The number of anilines is 3. The Labute approximate surface area is 617 Å². The van der Waals surface area contributed by atoms with Crippen molar-refractivity contribution in [2.24, 2.45) is 11.8 Å². The summed E-state index contributed by atoms with van der Waals surface area (Å²) in [6.45, 7) is 11.4. The molecule has 16 nitrogen and oxygen atoms in total. The van der Waals surface area contributed by atoms with Crippen LogP contribution in [-0.4, -0.2) is 154 Å². The monoisotopic (exact) mass is 1450 g/mol. The molecule has 3 saturated heterocycles. The maximum Gasteiger partial charge on any atom is 0.322 e. The molecule has 0 radical (unpaired) electrons. The highest BCUT2D eigenvalue weighted by Crippen LogP contribution is 2.64. The summed E-state index contributed by atoms with van der Waals surface area (Å²) in [5.41, 5.74) is 8.77. The number of rotatable bonds is 21. The number of benzene rings is 6. The van der Waals surface area contributed by atoms with Gasteiger partial charge in [0.25, 0.3) is 0 Å². The molecule has 3 unspecified atom stereocenters. The number of nitriles is 2. The summed E-state index contributed by atoms with van der Waals surface area (Å²) in [5, 5.41) is 26.8. The third-order valence-electron chi connectivity index (χ3n) is 23.3.